The summed E-state index contributed by atoms with van der Waals surface area (Å²) < 4.78 is 10.9. The lowest BCUT2D eigenvalue weighted by atomic mass is 10.2. The van der Waals surface area contributed by atoms with Crippen LogP contribution in [0.3, 0.4) is 0 Å². The Morgan fingerprint density at radius 2 is 1.86 bits per heavy atom. The minimum Gasteiger partial charge on any atom is -0.379 e. The van der Waals surface area contributed by atoms with E-state index in [4.69, 9.17) is 9.47 Å². The summed E-state index contributed by atoms with van der Waals surface area (Å²) in [6.45, 7) is 12.7. The van der Waals surface area contributed by atoms with Crippen molar-refractivity contribution >= 4 is 0 Å². The first-order valence-corrected chi connectivity index (χ1v) is 5.60. The summed E-state index contributed by atoms with van der Waals surface area (Å²) >= 11 is 0. The van der Waals surface area contributed by atoms with Crippen LogP contribution in [-0.4, -0.2) is 39.0 Å². The van der Waals surface area contributed by atoms with Crippen LogP contribution in [0.2, 0.25) is 0 Å². The van der Waals surface area contributed by atoms with Gasteiger partial charge in [0.1, 0.15) is 0 Å². The fourth-order valence-electron chi connectivity index (χ4n) is 1.11. The predicted molar refractivity (Wildman–Crippen MR) is 59.6 cm³/mol. The molecule has 14 heavy (non-hydrogen) atoms. The van der Waals surface area contributed by atoms with Gasteiger partial charge >= 0.3 is 0 Å². The molecule has 3 heteroatoms. The summed E-state index contributed by atoms with van der Waals surface area (Å²) in [5, 5.41) is 3.30. The normalized spacial score (nSPS) is 15.4. The van der Waals surface area contributed by atoms with Gasteiger partial charge < -0.3 is 14.8 Å². The van der Waals surface area contributed by atoms with E-state index < -0.39 is 0 Å². The third-order valence-corrected chi connectivity index (χ3v) is 1.96. The van der Waals surface area contributed by atoms with Crippen LogP contribution in [-0.2, 0) is 9.47 Å². The molecule has 0 fully saturated rings. The molecule has 2 atom stereocenters. The molecular weight excluding hydrogens is 178 g/mol. The van der Waals surface area contributed by atoms with E-state index in [1.54, 1.807) is 0 Å². The van der Waals surface area contributed by atoms with Crippen molar-refractivity contribution in [2.24, 2.45) is 5.92 Å². The minimum atomic E-state index is 0.207. The fraction of sp³-hybridized carbons (Fsp3) is 1.00. The van der Waals surface area contributed by atoms with Crippen molar-refractivity contribution in [2.45, 2.75) is 33.8 Å². The topological polar surface area (TPSA) is 30.5 Å². The van der Waals surface area contributed by atoms with Crippen LogP contribution < -0.4 is 5.32 Å². The molecule has 0 aliphatic heterocycles. The Bertz CT molecular complexity index is 106. The Balaban J connectivity index is 3.31. The molecule has 0 aromatic heterocycles. The number of nitrogens with one attached hydrogen (secondary N) is 1. The number of rotatable bonds is 9. The second kappa shape index (κ2) is 9.44. The molecule has 3 nitrogen and oxygen atoms in total. The number of hydrogen-bond donors (Lipinski definition) is 1. The molecule has 0 radical (unpaired) electrons. The van der Waals surface area contributed by atoms with Crippen LogP contribution in [0.25, 0.3) is 0 Å². The van der Waals surface area contributed by atoms with Gasteiger partial charge in [0.15, 0.2) is 0 Å². The Labute approximate surface area is 88.2 Å². The van der Waals surface area contributed by atoms with Crippen molar-refractivity contribution in [1.82, 2.24) is 5.32 Å². The van der Waals surface area contributed by atoms with E-state index >= 15 is 0 Å². The molecule has 0 spiro atoms. The van der Waals surface area contributed by atoms with E-state index in [0.29, 0.717) is 12.5 Å². The quantitative estimate of drug-likeness (QED) is 0.618. The SMILES string of the molecule is CCNCC(C)COC(C)COCC. The maximum atomic E-state index is 5.64. The van der Waals surface area contributed by atoms with Crippen molar-refractivity contribution in [3.05, 3.63) is 0 Å². The van der Waals surface area contributed by atoms with Crippen LogP contribution in [0, 0.1) is 5.92 Å². The van der Waals surface area contributed by atoms with E-state index in [9.17, 15) is 0 Å². The highest BCUT2D eigenvalue weighted by Gasteiger charge is 2.05. The van der Waals surface area contributed by atoms with E-state index in [0.717, 1.165) is 26.3 Å². The van der Waals surface area contributed by atoms with Crippen molar-refractivity contribution in [3.8, 4) is 0 Å². The van der Waals surface area contributed by atoms with Crippen LogP contribution >= 0.6 is 0 Å². The number of ether oxygens (including phenoxy) is 2. The molecule has 0 aromatic rings. The first-order chi connectivity index (χ1) is 6.70. The zero-order chi connectivity index (χ0) is 10.8. The first-order valence-electron chi connectivity index (χ1n) is 5.60. The van der Waals surface area contributed by atoms with Gasteiger partial charge in [0.2, 0.25) is 0 Å². The van der Waals surface area contributed by atoms with Crippen molar-refractivity contribution in [2.75, 3.05) is 32.9 Å². The summed E-state index contributed by atoms with van der Waals surface area (Å²) in [7, 11) is 0. The molecule has 0 aromatic carbocycles. The van der Waals surface area contributed by atoms with Crippen LogP contribution in [0.15, 0.2) is 0 Å². The van der Waals surface area contributed by atoms with Gasteiger partial charge in [-0.2, -0.15) is 0 Å². The lowest BCUT2D eigenvalue weighted by molar-refractivity contribution is -0.0148. The Morgan fingerprint density at radius 1 is 1.14 bits per heavy atom. The van der Waals surface area contributed by atoms with Crippen molar-refractivity contribution in [3.63, 3.8) is 0 Å². The third kappa shape index (κ3) is 8.48. The highest BCUT2D eigenvalue weighted by molar-refractivity contribution is 4.56. The van der Waals surface area contributed by atoms with E-state index in [2.05, 4.69) is 26.1 Å². The molecule has 0 saturated heterocycles. The second-order valence-electron chi connectivity index (χ2n) is 3.72. The maximum absolute atomic E-state index is 5.64. The van der Waals surface area contributed by atoms with Crippen LogP contribution in [0.1, 0.15) is 27.7 Å². The van der Waals surface area contributed by atoms with Gasteiger partial charge in [0.25, 0.3) is 0 Å². The highest BCUT2D eigenvalue weighted by Crippen LogP contribution is 1.98. The predicted octanol–water partition coefficient (Wildman–Crippen LogP) is 1.67. The molecule has 0 aliphatic rings. The molecule has 1 N–H and O–H groups in total. The van der Waals surface area contributed by atoms with E-state index in [1.165, 1.54) is 0 Å². The summed E-state index contributed by atoms with van der Waals surface area (Å²) in [4.78, 5) is 0. The van der Waals surface area contributed by atoms with Crippen LogP contribution in [0.5, 0.6) is 0 Å². The molecule has 0 rings (SSSR count). The molecule has 0 heterocycles. The smallest absolute Gasteiger partial charge is 0.0780 e. The minimum absolute atomic E-state index is 0.207. The molecule has 0 bridgehead atoms. The Hall–Kier alpha value is -0.120. The Kier molecular flexibility index (Phi) is 9.35. The van der Waals surface area contributed by atoms with Gasteiger partial charge in [-0.05, 0) is 32.9 Å². The van der Waals surface area contributed by atoms with Gasteiger partial charge in [0.05, 0.1) is 19.3 Å². The molecule has 2 unspecified atom stereocenters. The maximum Gasteiger partial charge on any atom is 0.0780 e. The Morgan fingerprint density at radius 3 is 2.43 bits per heavy atom. The summed E-state index contributed by atoms with van der Waals surface area (Å²) in [5.41, 5.74) is 0. The zero-order valence-electron chi connectivity index (χ0n) is 10.0. The molecule has 86 valence electrons. The van der Waals surface area contributed by atoms with Crippen molar-refractivity contribution < 1.29 is 9.47 Å². The van der Waals surface area contributed by atoms with Crippen molar-refractivity contribution in [1.29, 1.82) is 0 Å². The molecule has 0 aliphatic carbocycles. The summed E-state index contributed by atoms with van der Waals surface area (Å²) in [6.07, 6.45) is 0.207. The highest BCUT2D eigenvalue weighted by atomic mass is 16.5. The molecule has 0 saturated carbocycles. The zero-order valence-corrected chi connectivity index (χ0v) is 10.0. The second-order valence-corrected chi connectivity index (χ2v) is 3.72. The third-order valence-electron chi connectivity index (χ3n) is 1.96. The monoisotopic (exact) mass is 203 g/mol. The standard InChI is InChI=1S/C11H25NO2/c1-5-12-7-10(3)8-14-11(4)9-13-6-2/h10-12H,5-9H2,1-4H3. The largest absolute Gasteiger partial charge is 0.379 e. The lowest BCUT2D eigenvalue weighted by Crippen LogP contribution is -2.26. The fourth-order valence-corrected chi connectivity index (χ4v) is 1.11. The first kappa shape index (κ1) is 13.9. The van der Waals surface area contributed by atoms with Gasteiger partial charge in [-0.3, -0.25) is 0 Å². The van der Waals surface area contributed by atoms with E-state index in [1.807, 2.05) is 6.92 Å². The molecule has 0 amide bonds. The summed E-state index contributed by atoms with van der Waals surface area (Å²) in [5.74, 6) is 0.569. The molecular formula is C11H25NO2. The van der Waals surface area contributed by atoms with E-state index in [-0.39, 0.29) is 6.10 Å². The average Bonchev–Trinajstić information content (AvgIpc) is 2.20. The van der Waals surface area contributed by atoms with Gasteiger partial charge in [-0.1, -0.05) is 13.8 Å². The average molecular weight is 203 g/mol. The van der Waals surface area contributed by atoms with Gasteiger partial charge in [0, 0.05) is 6.61 Å². The van der Waals surface area contributed by atoms with Crippen LogP contribution in [0.4, 0.5) is 0 Å². The van der Waals surface area contributed by atoms with Gasteiger partial charge in [-0.25, -0.2) is 0 Å². The summed E-state index contributed by atoms with van der Waals surface area (Å²) in [6, 6.07) is 0. The lowest BCUT2D eigenvalue weighted by Gasteiger charge is -2.17. The number of hydrogen-bond acceptors (Lipinski definition) is 3. The van der Waals surface area contributed by atoms with Gasteiger partial charge in [-0.15, -0.1) is 0 Å².